The van der Waals surface area contributed by atoms with Gasteiger partial charge in [-0.2, -0.15) is 4.98 Å². The van der Waals surface area contributed by atoms with Gasteiger partial charge in [-0.1, -0.05) is 13.8 Å². The minimum atomic E-state index is 0.724. The van der Waals surface area contributed by atoms with Gasteiger partial charge in [0.2, 0.25) is 0 Å². The van der Waals surface area contributed by atoms with Gasteiger partial charge in [0.25, 0.3) is 6.01 Å². The maximum Gasteiger partial charge on any atom is 0.297 e. The maximum atomic E-state index is 5.57. The Labute approximate surface area is 102 Å². The van der Waals surface area contributed by atoms with Crippen LogP contribution in [-0.4, -0.2) is 24.1 Å². The van der Waals surface area contributed by atoms with E-state index in [9.17, 15) is 0 Å². The van der Waals surface area contributed by atoms with E-state index in [0.29, 0.717) is 0 Å². The summed E-state index contributed by atoms with van der Waals surface area (Å²) < 4.78 is 5.57. The van der Waals surface area contributed by atoms with Crippen LogP contribution in [0.4, 0.5) is 6.01 Å². The van der Waals surface area contributed by atoms with Crippen molar-refractivity contribution in [2.45, 2.75) is 39.3 Å². The molecule has 0 radical (unpaired) electrons. The van der Waals surface area contributed by atoms with Crippen LogP contribution in [0.15, 0.2) is 10.7 Å². The lowest BCUT2D eigenvalue weighted by Crippen LogP contribution is -2.20. The zero-order valence-electron chi connectivity index (χ0n) is 10.6. The zero-order valence-corrected chi connectivity index (χ0v) is 10.6. The average molecular weight is 235 g/mol. The van der Waals surface area contributed by atoms with Crippen LogP contribution in [0.3, 0.4) is 0 Å². The number of nitrogens with zero attached hydrogens (tertiary/aromatic N) is 2. The topological polar surface area (TPSA) is 41.3 Å². The first-order valence-electron chi connectivity index (χ1n) is 6.65. The van der Waals surface area contributed by atoms with Gasteiger partial charge in [-0.25, -0.2) is 0 Å². The fourth-order valence-corrected chi connectivity index (χ4v) is 2.34. The fourth-order valence-electron chi connectivity index (χ4n) is 2.34. The van der Waals surface area contributed by atoms with Crippen LogP contribution in [0.5, 0.6) is 0 Å². The molecular formula is C13H21N3O. The predicted molar refractivity (Wildman–Crippen MR) is 66.9 cm³/mol. The van der Waals surface area contributed by atoms with E-state index < -0.39 is 0 Å². The second-order valence-electron chi connectivity index (χ2n) is 5.64. The second kappa shape index (κ2) is 4.33. The number of anilines is 1. The van der Waals surface area contributed by atoms with Crippen molar-refractivity contribution in [1.29, 1.82) is 0 Å². The van der Waals surface area contributed by atoms with Gasteiger partial charge in [0.15, 0.2) is 0 Å². The molecule has 0 bridgehead atoms. The van der Waals surface area contributed by atoms with E-state index in [1.165, 1.54) is 12.8 Å². The first-order chi connectivity index (χ1) is 8.22. The highest BCUT2D eigenvalue weighted by atomic mass is 16.4. The van der Waals surface area contributed by atoms with Crippen molar-refractivity contribution in [2.24, 2.45) is 11.8 Å². The van der Waals surface area contributed by atoms with Gasteiger partial charge in [-0.05, 0) is 24.7 Å². The smallest absolute Gasteiger partial charge is 0.297 e. The predicted octanol–water partition coefficient (Wildman–Crippen LogP) is 2.02. The molecule has 1 N–H and O–H groups in total. The Morgan fingerprint density at radius 1 is 1.35 bits per heavy atom. The van der Waals surface area contributed by atoms with E-state index in [-0.39, 0.29) is 0 Å². The Bertz CT molecular complexity index is 376. The van der Waals surface area contributed by atoms with E-state index in [0.717, 1.165) is 49.2 Å². The lowest BCUT2D eigenvalue weighted by molar-refractivity contribution is 0.494. The molecule has 1 aromatic heterocycles. The van der Waals surface area contributed by atoms with Crippen LogP contribution in [0.2, 0.25) is 0 Å². The lowest BCUT2D eigenvalue weighted by atomic mass is 10.0. The van der Waals surface area contributed by atoms with E-state index in [2.05, 4.69) is 29.0 Å². The quantitative estimate of drug-likeness (QED) is 0.867. The van der Waals surface area contributed by atoms with Gasteiger partial charge in [0.1, 0.15) is 6.26 Å². The molecule has 4 heteroatoms. The first-order valence-corrected chi connectivity index (χ1v) is 6.65. The minimum Gasteiger partial charge on any atom is -0.432 e. The molecule has 4 nitrogen and oxygen atoms in total. The van der Waals surface area contributed by atoms with Gasteiger partial charge in [-0.15, -0.1) is 0 Å². The molecule has 1 aliphatic heterocycles. The van der Waals surface area contributed by atoms with Crippen molar-refractivity contribution in [1.82, 2.24) is 10.3 Å². The molecule has 1 saturated carbocycles. The standard InChI is InChI=1S/C13H21N3O/c1-9-6-16(7-10(9)2)13-15-12(8-17-13)5-14-11-3-4-11/h8-11,14H,3-7H2,1-2H3. The molecule has 94 valence electrons. The van der Waals surface area contributed by atoms with Crippen LogP contribution in [0.1, 0.15) is 32.4 Å². The molecule has 2 fully saturated rings. The summed E-state index contributed by atoms with van der Waals surface area (Å²) in [6.07, 6.45) is 4.41. The molecule has 2 aliphatic rings. The molecule has 17 heavy (non-hydrogen) atoms. The second-order valence-corrected chi connectivity index (χ2v) is 5.64. The maximum absolute atomic E-state index is 5.57. The highest BCUT2D eigenvalue weighted by molar-refractivity contribution is 5.29. The third-order valence-corrected chi connectivity index (χ3v) is 3.95. The fraction of sp³-hybridized carbons (Fsp3) is 0.769. The van der Waals surface area contributed by atoms with Crippen molar-refractivity contribution in [3.8, 4) is 0 Å². The molecular weight excluding hydrogens is 214 g/mol. The Morgan fingerprint density at radius 3 is 2.71 bits per heavy atom. The Balaban J connectivity index is 1.59. The third kappa shape index (κ3) is 2.46. The molecule has 2 atom stereocenters. The molecule has 3 rings (SSSR count). The number of oxazole rings is 1. The van der Waals surface area contributed by atoms with Crippen LogP contribution in [0.25, 0.3) is 0 Å². The molecule has 0 spiro atoms. The summed E-state index contributed by atoms with van der Waals surface area (Å²) >= 11 is 0. The SMILES string of the molecule is CC1CN(c2nc(CNC3CC3)co2)CC1C. The largest absolute Gasteiger partial charge is 0.432 e. The summed E-state index contributed by atoms with van der Waals surface area (Å²) in [7, 11) is 0. The van der Waals surface area contributed by atoms with Gasteiger partial charge in [0, 0.05) is 25.7 Å². The number of rotatable bonds is 4. The van der Waals surface area contributed by atoms with Crippen LogP contribution in [0, 0.1) is 11.8 Å². The first kappa shape index (κ1) is 11.1. The van der Waals surface area contributed by atoms with Crippen molar-refractivity contribution in [2.75, 3.05) is 18.0 Å². The van der Waals surface area contributed by atoms with Crippen molar-refractivity contribution in [3.05, 3.63) is 12.0 Å². The minimum absolute atomic E-state index is 0.724. The van der Waals surface area contributed by atoms with Crippen molar-refractivity contribution in [3.63, 3.8) is 0 Å². The van der Waals surface area contributed by atoms with Crippen molar-refractivity contribution >= 4 is 6.01 Å². The summed E-state index contributed by atoms with van der Waals surface area (Å²) in [6, 6.07) is 1.52. The third-order valence-electron chi connectivity index (χ3n) is 3.95. The molecule has 2 heterocycles. The number of hydrogen-bond acceptors (Lipinski definition) is 4. The molecule has 1 aliphatic carbocycles. The molecule has 2 unspecified atom stereocenters. The van der Waals surface area contributed by atoms with E-state index in [4.69, 9.17) is 4.42 Å². The summed E-state index contributed by atoms with van der Waals surface area (Å²) in [5, 5.41) is 3.45. The number of nitrogens with one attached hydrogen (secondary N) is 1. The van der Waals surface area contributed by atoms with E-state index in [1.54, 1.807) is 6.26 Å². The zero-order chi connectivity index (χ0) is 11.8. The van der Waals surface area contributed by atoms with Crippen LogP contribution >= 0.6 is 0 Å². The highest BCUT2D eigenvalue weighted by Gasteiger charge is 2.29. The Kier molecular flexibility index (Phi) is 2.82. The Morgan fingerprint density at radius 2 is 2.06 bits per heavy atom. The normalized spacial score (nSPS) is 28.9. The van der Waals surface area contributed by atoms with Crippen molar-refractivity contribution < 1.29 is 4.42 Å². The monoisotopic (exact) mass is 235 g/mol. The summed E-state index contributed by atoms with van der Waals surface area (Å²) in [4.78, 5) is 6.82. The molecule has 1 saturated heterocycles. The van der Waals surface area contributed by atoms with Crippen LogP contribution < -0.4 is 10.2 Å². The van der Waals surface area contributed by atoms with Crippen LogP contribution in [-0.2, 0) is 6.54 Å². The van der Waals surface area contributed by atoms with Gasteiger partial charge < -0.3 is 14.6 Å². The molecule has 0 amide bonds. The summed E-state index contributed by atoms with van der Waals surface area (Å²) in [6.45, 7) is 7.56. The van der Waals surface area contributed by atoms with Gasteiger partial charge in [0.05, 0.1) is 5.69 Å². The Hall–Kier alpha value is -1.03. The highest BCUT2D eigenvalue weighted by Crippen LogP contribution is 2.27. The lowest BCUT2D eigenvalue weighted by Gasteiger charge is -2.11. The summed E-state index contributed by atoms with van der Waals surface area (Å²) in [5.41, 5.74) is 1.03. The average Bonchev–Trinajstić information content (AvgIpc) is 2.92. The molecule has 1 aromatic rings. The molecule has 0 aromatic carbocycles. The van der Waals surface area contributed by atoms with Gasteiger partial charge in [-0.3, -0.25) is 0 Å². The van der Waals surface area contributed by atoms with E-state index >= 15 is 0 Å². The number of hydrogen-bond donors (Lipinski definition) is 1. The summed E-state index contributed by atoms with van der Waals surface area (Å²) in [5.74, 6) is 1.46. The van der Waals surface area contributed by atoms with E-state index in [1.807, 2.05) is 0 Å². The number of aromatic nitrogens is 1. The van der Waals surface area contributed by atoms with Gasteiger partial charge >= 0.3 is 0 Å².